The fraction of sp³-hybridized carbons (Fsp3) is 0.360. The van der Waals surface area contributed by atoms with Crippen molar-refractivity contribution in [3.63, 3.8) is 0 Å². The molecule has 1 aromatic heterocycles. The number of nitrogens with zero attached hydrogens (tertiary/aromatic N) is 2. The third-order valence-corrected chi connectivity index (χ3v) is 6.25. The number of ether oxygens (including phenoxy) is 1. The van der Waals surface area contributed by atoms with Crippen molar-refractivity contribution in [2.45, 2.75) is 26.8 Å². The molecule has 0 fully saturated rings. The molecule has 0 saturated carbocycles. The number of rotatable bonds is 10. The van der Waals surface area contributed by atoms with Gasteiger partial charge in [0.25, 0.3) is 5.56 Å². The molecule has 8 heteroatoms. The number of thiocarbonyl (C=S) groups is 1. The minimum atomic E-state index is -0.130. The summed E-state index contributed by atoms with van der Waals surface area (Å²) in [7, 11) is 1.61. The summed E-state index contributed by atoms with van der Waals surface area (Å²) < 4.78 is 5.27. The van der Waals surface area contributed by atoms with Gasteiger partial charge >= 0.3 is 0 Å². The molecule has 3 aromatic rings. The highest BCUT2D eigenvalue weighted by atomic mass is 35.5. The highest BCUT2D eigenvalue weighted by molar-refractivity contribution is 7.80. The standard InChI is InChI=1S/C25H31ClN4O2S/c1-4-29(5-2)12-7-13-30(25(33)27-21-9-6-8-20(26)15-21)17-19-14-18-10-11-22(32-3)16-23(18)28-24(19)31/h6,8-11,14-16H,4-5,7,12-13,17H2,1-3H3,(H,27,33)(H,28,31). The predicted octanol–water partition coefficient (Wildman–Crippen LogP) is 5.12. The second-order valence-corrected chi connectivity index (χ2v) is 8.64. The zero-order chi connectivity index (χ0) is 23.8. The predicted molar refractivity (Wildman–Crippen MR) is 142 cm³/mol. The minimum absolute atomic E-state index is 0.130. The molecule has 0 unspecified atom stereocenters. The van der Waals surface area contributed by atoms with Gasteiger partial charge in [-0.05, 0) is 80.1 Å². The van der Waals surface area contributed by atoms with Crippen LogP contribution in [-0.2, 0) is 6.54 Å². The average molecular weight is 487 g/mol. The van der Waals surface area contributed by atoms with Gasteiger partial charge in [-0.2, -0.15) is 0 Å². The lowest BCUT2D eigenvalue weighted by atomic mass is 10.1. The smallest absolute Gasteiger partial charge is 0.253 e. The molecular weight excluding hydrogens is 456 g/mol. The fourth-order valence-electron chi connectivity index (χ4n) is 3.72. The maximum Gasteiger partial charge on any atom is 0.253 e. The second-order valence-electron chi connectivity index (χ2n) is 7.82. The molecule has 0 saturated heterocycles. The van der Waals surface area contributed by atoms with Crippen molar-refractivity contribution in [3.8, 4) is 5.75 Å². The van der Waals surface area contributed by atoms with Crippen molar-refractivity contribution in [1.29, 1.82) is 0 Å². The molecule has 176 valence electrons. The molecule has 6 nitrogen and oxygen atoms in total. The first-order valence-corrected chi connectivity index (χ1v) is 12.0. The SMILES string of the molecule is CCN(CC)CCCN(Cc1cc2ccc(OC)cc2[nH]c1=O)C(=S)Nc1cccc(Cl)c1. The molecule has 0 atom stereocenters. The van der Waals surface area contributed by atoms with E-state index in [0.29, 0.717) is 28.0 Å². The maximum absolute atomic E-state index is 12.9. The second kappa shape index (κ2) is 12.0. The summed E-state index contributed by atoms with van der Waals surface area (Å²) in [5.74, 6) is 0.704. The van der Waals surface area contributed by atoms with Crippen LogP contribution in [0.1, 0.15) is 25.8 Å². The van der Waals surface area contributed by atoms with Gasteiger partial charge in [0, 0.05) is 28.9 Å². The molecule has 1 heterocycles. The number of pyridine rings is 1. The first-order chi connectivity index (χ1) is 15.9. The Morgan fingerprint density at radius 2 is 1.91 bits per heavy atom. The summed E-state index contributed by atoms with van der Waals surface area (Å²) in [6.45, 7) is 8.44. The van der Waals surface area contributed by atoms with Crippen molar-refractivity contribution >= 4 is 45.5 Å². The lowest BCUT2D eigenvalue weighted by Crippen LogP contribution is -2.38. The Labute approximate surface area is 205 Å². The minimum Gasteiger partial charge on any atom is -0.497 e. The van der Waals surface area contributed by atoms with Crippen LogP contribution >= 0.6 is 23.8 Å². The Balaban J connectivity index is 1.82. The molecule has 3 rings (SSSR count). The summed E-state index contributed by atoms with van der Waals surface area (Å²) in [4.78, 5) is 20.2. The molecule has 0 amide bonds. The van der Waals surface area contributed by atoms with Gasteiger partial charge in [0.15, 0.2) is 5.11 Å². The molecule has 0 aliphatic rings. The number of fused-ring (bicyclic) bond motifs is 1. The van der Waals surface area contributed by atoms with E-state index in [-0.39, 0.29) is 5.56 Å². The van der Waals surface area contributed by atoms with Crippen LogP contribution in [0.4, 0.5) is 5.69 Å². The van der Waals surface area contributed by atoms with Gasteiger partial charge in [0.05, 0.1) is 19.2 Å². The summed E-state index contributed by atoms with van der Waals surface area (Å²) >= 11 is 11.9. The van der Waals surface area contributed by atoms with Crippen molar-refractivity contribution in [2.24, 2.45) is 0 Å². The maximum atomic E-state index is 12.9. The number of anilines is 1. The van der Waals surface area contributed by atoms with Crippen LogP contribution in [0.2, 0.25) is 5.02 Å². The van der Waals surface area contributed by atoms with E-state index < -0.39 is 0 Å². The van der Waals surface area contributed by atoms with E-state index in [0.717, 1.165) is 49.2 Å². The van der Waals surface area contributed by atoms with E-state index in [1.165, 1.54) is 0 Å². The van der Waals surface area contributed by atoms with Crippen molar-refractivity contribution in [1.82, 2.24) is 14.8 Å². The van der Waals surface area contributed by atoms with Crippen molar-refractivity contribution in [2.75, 3.05) is 38.6 Å². The van der Waals surface area contributed by atoms with E-state index in [4.69, 9.17) is 28.6 Å². The molecule has 0 bridgehead atoms. The van der Waals surface area contributed by atoms with Crippen molar-refractivity contribution < 1.29 is 4.74 Å². The average Bonchev–Trinajstić information content (AvgIpc) is 2.81. The van der Waals surface area contributed by atoms with Crippen molar-refractivity contribution in [3.05, 3.63) is 69.5 Å². The zero-order valence-corrected chi connectivity index (χ0v) is 20.9. The summed E-state index contributed by atoms with van der Waals surface area (Å²) in [6.07, 6.45) is 0.932. The number of nitrogens with one attached hydrogen (secondary N) is 2. The molecule has 2 N–H and O–H groups in total. The van der Waals surface area contributed by atoms with Crippen LogP contribution in [0.25, 0.3) is 10.9 Å². The number of halogens is 1. The molecule has 0 radical (unpaired) electrons. The van der Waals surface area contributed by atoms with E-state index in [1.54, 1.807) is 7.11 Å². The van der Waals surface area contributed by atoms with Gasteiger partial charge in [0.1, 0.15) is 5.75 Å². The Morgan fingerprint density at radius 1 is 1.12 bits per heavy atom. The number of hydrogen-bond acceptors (Lipinski definition) is 4. The first-order valence-electron chi connectivity index (χ1n) is 11.2. The molecule has 0 aliphatic carbocycles. The van der Waals surface area contributed by atoms with Gasteiger partial charge in [-0.25, -0.2) is 0 Å². The lowest BCUT2D eigenvalue weighted by Gasteiger charge is -2.27. The lowest BCUT2D eigenvalue weighted by molar-refractivity contribution is 0.281. The quantitative estimate of drug-likeness (QED) is 0.388. The largest absolute Gasteiger partial charge is 0.497 e. The van der Waals surface area contributed by atoms with Crippen LogP contribution in [0.15, 0.2) is 53.3 Å². The number of hydrogen-bond donors (Lipinski definition) is 2. The fourth-order valence-corrected chi connectivity index (χ4v) is 4.19. The third kappa shape index (κ3) is 6.93. The first kappa shape index (κ1) is 25.0. The third-order valence-electron chi connectivity index (χ3n) is 5.65. The molecular formula is C25H31ClN4O2S. The zero-order valence-electron chi connectivity index (χ0n) is 19.4. The number of H-pyrrole nitrogens is 1. The van der Waals surface area contributed by atoms with Crippen LogP contribution in [0, 0.1) is 0 Å². The topological polar surface area (TPSA) is 60.6 Å². The van der Waals surface area contributed by atoms with E-state index in [9.17, 15) is 4.79 Å². The number of aromatic nitrogens is 1. The summed E-state index contributed by atoms with van der Waals surface area (Å²) in [5.41, 5.74) is 2.09. The van der Waals surface area contributed by atoms with Crippen LogP contribution < -0.4 is 15.6 Å². The normalized spacial score (nSPS) is 11.1. The van der Waals surface area contributed by atoms with Crippen LogP contribution in [-0.4, -0.2) is 53.2 Å². The van der Waals surface area contributed by atoms with Gasteiger partial charge in [-0.15, -0.1) is 0 Å². The van der Waals surface area contributed by atoms with E-state index in [2.05, 4.69) is 29.0 Å². The van der Waals surface area contributed by atoms with Crippen LogP contribution in [0.3, 0.4) is 0 Å². The van der Waals surface area contributed by atoms with E-state index in [1.807, 2.05) is 53.4 Å². The van der Waals surface area contributed by atoms with Gasteiger partial charge in [-0.1, -0.05) is 31.5 Å². The van der Waals surface area contributed by atoms with Gasteiger partial charge in [-0.3, -0.25) is 4.79 Å². The highest BCUT2D eigenvalue weighted by Gasteiger charge is 2.15. The monoisotopic (exact) mass is 486 g/mol. The van der Waals surface area contributed by atoms with Crippen LogP contribution in [0.5, 0.6) is 5.75 Å². The number of methoxy groups -OCH3 is 1. The Bertz CT molecular complexity index is 1150. The highest BCUT2D eigenvalue weighted by Crippen LogP contribution is 2.20. The Kier molecular flexibility index (Phi) is 9.11. The van der Waals surface area contributed by atoms with Gasteiger partial charge in [0.2, 0.25) is 0 Å². The Hall–Kier alpha value is -2.61. The van der Waals surface area contributed by atoms with Gasteiger partial charge < -0.3 is 24.8 Å². The van der Waals surface area contributed by atoms with E-state index >= 15 is 0 Å². The Morgan fingerprint density at radius 3 is 2.61 bits per heavy atom. The number of aromatic amines is 1. The molecule has 33 heavy (non-hydrogen) atoms. The number of benzene rings is 2. The molecule has 0 aliphatic heterocycles. The molecule has 2 aromatic carbocycles. The summed E-state index contributed by atoms with van der Waals surface area (Å²) in [6, 6.07) is 15.0. The molecule has 0 spiro atoms. The summed E-state index contributed by atoms with van der Waals surface area (Å²) in [5, 5.41) is 5.42.